The molecule has 6 heteroatoms. The number of nitrogens with zero attached hydrogens (tertiary/aromatic N) is 1. The van der Waals surface area contributed by atoms with Crippen LogP contribution in [0.1, 0.15) is 41.0 Å². The second kappa shape index (κ2) is 6.52. The van der Waals surface area contributed by atoms with Crippen molar-refractivity contribution in [2.75, 3.05) is 19.3 Å². The highest BCUT2D eigenvalue weighted by molar-refractivity contribution is 7.88. The number of hydrogen-bond acceptors (Lipinski definition) is 3. The number of carbonyl (C=O) groups is 1. The molecule has 0 aliphatic carbocycles. The van der Waals surface area contributed by atoms with Gasteiger partial charge in [-0.05, 0) is 33.1 Å². The van der Waals surface area contributed by atoms with Crippen LogP contribution in [0.2, 0.25) is 0 Å². The van der Waals surface area contributed by atoms with Crippen LogP contribution in [0.5, 0.6) is 0 Å². The lowest BCUT2D eigenvalue weighted by Crippen LogP contribution is -2.50. The Kier molecular flexibility index (Phi) is 6.29. The fourth-order valence-electron chi connectivity index (χ4n) is 1.54. The summed E-state index contributed by atoms with van der Waals surface area (Å²) in [5.41, 5.74) is -0.594. The lowest BCUT2D eigenvalue weighted by molar-refractivity contribution is -0.122. The van der Waals surface area contributed by atoms with Gasteiger partial charge in [0.1, 0.15) is 0 Å². The summed E-state index contributed by atoms with van der Waals surface area (Å²) in [5.74, 6) is 0.259. The highest BCUT2D eigenvalue weighted by Crippen LogP contribution is 2.16. The summed E-state index contributed by atoms with van der Waals surface area (Å²) in [5, 5.41) is 2.74. The summed E-state index contributed by atoms with van der Waals surface area (Å²) in [4.78, 5) is 11.7. The molecule has 0 aliphatic rings. The van der Waals surface area contributed by atoms with E-state index in [4.69, 9.17) is 0 Å². The fourth-order valence-corrected chi connectivity index (χ4v) is 2.89. The van der Waals surface area contributed by atoms with Gasteiger partial charge < -0.3 is 5.32 Å². The first kappa shape index (κ1) is 17.4. The maximum atomic E-state index is 11.7. The van der Waals surface area contributed by atoms with Crippen molar-refractivity contribution in [3.05, 3.63) is 0 Å². The highest BCUT2D eigenvalue weighted by atomic mass is 32.2. The Labute approximate surface area is 111 Å². The molecule has 0 saturated carbocycles. The Morgan fingerprint density at radius 1 is 1.28 bits per heavy atom. The minimum absolute atomic E-state index is 0.125. The summed E-state index contributed by atoms with van der Waals surface area (Å²) in [6, 6.07) is 0. The molecule has 0 bridgehead atoms. The molecule has 0 rings (SSSR count). The second-order valence-electron chi connectivity index (χ2n) is 5.97. The second-order valence-corrected chi connectivity index (χ2v) is 7.88. The van der Waals surface area contributed by atoms with Crippen LogP contribution >= 0.6 is 0 Å². The molecule has 1 amide bonds. The monoisotopic (exact) mass is 278 g/mol. The molecule has 0 atom stereocenters. The third kappa shape index (κ3) is 6.96. The zero-order chi connectivity index (χ0) is 14.6. The fraction of sp³-hybridized carbons (Fsp3) is 0.917. The predicted octanol–water partition coefficient (Wildman–Crippen LogP) is 1.21. The molecule has 0 heterocycles. The van der Waals surface area contributed by atoms with Crippen LogP contribution < -0.4 is 5.32 Å². The van der Waals surface area contributed by atoms with E-state index in [-0.39, 0.29) is 12.5 Å². The third-order valence-corrected chi connectivity index (χ3v) is 3.96. The van der Waals surface area contributed by atoms with Crippen LogP contribution in [0.4, 0.5) is 0 Å². The smallest absolute Gasteiger partial charge is 0.235 e. The van der Waals surface area contributed by atoms with E-state index in [1.54, 1.807) is 20.8 Å². The molecule has 0 spiro atoms. The van der Waals surface area contributed by atoms with Gasteiger partial charge in [-0.3, -0.25) is 4.79 Å². The summed E-state index contributed by atoms with van der Waals surface area (Å²) in [7, 11) is -3.39. The first-order valence-electron chi connectivity index (χ1n) is 6.19. The normalized spacial score (nSPS) is 13.1. The maximum absolute atomic E-state index is 11.7. The topological polar surface area (TPSA) is 66.5 Å². The van der Waals surface area contributed by atoms with Crippen molar-refractivity contribution in [3.8, 4) is 0 Å². The molecule has 0 saturated heterocycles. The van der Waals surface area contributed by atoms with Gasteiger partial charge >= 0.3 is 0 Å². The van der Waals surface area contributed by atoms with Crippen LogP contribution in [0.15, 0.2) is 0 Å². The Morgan fingerprint density at radius 2 is 1.78 bits per heavy atom. The van der Waals surface area contributed by atoms with Gasteiger partial charge in [0, 0.05) is 12.1 Å². The summed E-state index contributed by atoms with van der Waals surface area (Å²) >= 11 is 0. The van der Waals surface area contributed by atoms with Crippen molar-refractivity contribution in [1.29, 1.82) is 0 Å². The Morgan fingerprint density at radius 3 is 2.11 bits per heavy atom. The predicted molar refractivity (Wildman–Crippen MR) is 73.8 cm³/mol. The summed E-state index contributed by atoms with van der Waals surface area (Å²) in [6.45, 7) is 9.92. The van der Waals surface area contributed by atoms with Crippen molar-refractivity contribution in [1.82, 2.24) is 9.62 Å². The van der Waals surface area contributed by atoms with E-state index in [1.165, 1.54) is 4.31 Å². The van der Waals surface area contributed by atoms with E-state index >= 15 is 0 Å². The zero-order valence-electron chi connectivity index (χ0n) is 12.3. The SMILES string of the molecule is CC(C)CCNC(=O)CN(C(C)(C)C)S(C)(=O)=O. The van der Waals surface area contributed by atoms with Gasteiger partial charge in [-0.1, -0.05) is 13.8 Å². The van der Waals surface area contributed by atoms with Gasteiger partial charge in [-0.2, -0.15) is 4.31 Å². The lowest BCUT2D eigenvalue weighted by atomic mass is 10.1. The average molecular weight is 278 g/mol. The molecule has 0 radical (unpaired) electrons. The van der Waals surface area contributed by atoms with Gasteiger partial charge in [0.05, 0.1) is 12.8 Å². The molecule has 108 valence electrons. The molecule has 5 nitrogen and oxygen atoms in total. The standard InChI is InChI=1S/C12H26N2O3S/c1-10(2)7-8-13-11(15)9-14(12(3,4)5)18(6,16)17/h10H,7-9H2,1-6H3,(H,13,15). The van der Waals surface area contributed by atoms with E-state index in [2.05, 4.69) is 19.2 Å². The zero-order valence-corrected chi connectivity index (χ0v) is 13.1. The van der Waals surface area contributed by atoms with Crippen LogP contribution in [-0.4, -0.2) is 43.5 Å². The summed E-state index contributed by atoms with van der Waals surface area (Å²) < 4.78 is 24.5. The molecular formula is C12H26N2O3S. The molecule has 0 fully saturated rings. The number of rotatable bonds is 6. The van der Waals surface area contributed by atoms with Crippen LogP contribution in [0.25, 0.3) is 0 Å². The van der Waals surface area contributed by atoms with E-state index in [9.17, 15) is 13.2 Å². The Bertz CT molecular complexity index is 369. The van der Waals surface area contributed by atoms with E-state index in [1.807, 2.05) is 0 Å². The van der Waals surface area contributed by atoms with Gasteiger partial charge in [0.25, 0.3) is 0 Å². The Balaban J connectivity index is 4.49. The molecule has 0 aromatic carbocycles. The first-order valence-corrected chi connectivity index (χ1v) is 8.04. The minimum Gasteiger partial charge on any atom is -0.355 e. The lowest BCUT2D eigenvalue weighted by Gasteiger charge is -2.32. The van der Waals surface area contributed by atoms with E-state index in [0.29, 0.717) is 12.5 Å². The van der Waals surface area contributed by atoms with Gasteiger partial charge in [-0.15, -0.1) is 0 Å². The summed E-state index contributed by atoms with van der Waals surface area (Å²) in [6.07, 6.45) is 2.01. The molecule has 18 heavy (non-hydrogen) atoms. The van der Waals surface area contributed by atoms with Gasteiger partial charge in [-0.25, -0.2) is 8.42 Å². The number of hydrogen-bond donors (Lipinski definition) is 1. The minimum atomic E-state index is -3.39. The molecule has 0 aliphatic heterocycles. The highest BCUT2D eigenvalue weighted by Gasteiger charge is 2.31. The van der Waals surface area contributed by atoms with Gasteiger partial charge in [0.2, 0.25) is 15.9 Å². The third-order valence-electron chi connectivity index (χ3n) is 2.48. The molecule has 0 aromatic heterocycles. The van der Waals surface area contributed by atoms with E-state index < -0.39 is 15.6 Å². The van der Waals surface area contributed by atoms with Gasteiger partial charge in [0.15, 0.2) is 0 Å². The van der Waals surface area contributed by atoms with E-state index in [0.717, 1.165) is 12.7 Å². The van der Waals surface area contributed by atoms with Crippen molar-refractivity contribution in [2.24, 2.45) is 5.92 Å². The maximum Gasteiger partial charge on any atom is 0.235 e. The van der Waals surface area contributed by atoms with Crippen molar-refractivity contribution in [2.45, 2.75) is 46.6 Å². The Hall–Kier alpha value is -0.620. The van der Waals surface area contributed by atoms with Crippen LogP contribution in [0.3, 0.4) is 0 Å². The van der Waals surface area contributed by atoms with Crippen molar-refractivity contribution >= 4 is 15.9 Å². The molecule has 0 aromatic rings. The van der Waals surface area contributed by atoms with Crippen molar-refractivity contribution < 1.29 is 13.2 Å². The first-order chi connectivity index (χ1) is 7.94. The average Bonchev–Trinajstić information content (AvgIpc) is 2.09. The number of sulfonamides is 1. The van der Waals surface area contributed by atoms with Crippen LogP contribution in [0, 0.1) is 5.92 Å². The number of amides is 1. The number of carbonyl (C=O) groups excluding carboxylic acids is 1. The molecule has 0 unspecified atom stereocenters. The van der Waals surface area contributed by atoms with Crippen LogP contribution in [-0.2, 0) is 14.8 Å². The molecule has 1 N–H and O–H groups in total. The van der Waals surface area contributed by atoms with Crippen molar-refractivity contribution in [3.63, 3.8) is 0 Å². The largest absolute Gasteiger partial charge is 0.355 e. The molecular weight excluding hydrogens is 252 g/mol. The number of nitrogens with one attached hydrogen (secondary N) is 1. The quantitative estimate of drug-likeness (QED) is 0.794.